The standard InChI is InChI=1S/C17H26N4O9S/c22-12(23)4-3-9(19-14(26)8-2-1-5-18-8)15(27)20-10(6-13(24)25)16(28)21-11(7-31)17(29)30/h8-11,18,31H,1-7H2,(H,19,26)(H,20,27)(H,21,28)(H,22,23)(H,24,25)(H,29,30). The molecule has 3 amide bonds. The van der Waals surface area contributed by atoms with Gasteiger partial charge in [-0.25, -0.2) is 4.79 Å². The van der Waals surface area contributed by atoms with E-state index in [0.29, 0.717) is 13.0 Å². The third-order valence-corrected chi connectivity index (χ3v) is 4.83. The monoisotopic (exact) mass is 462 g/mol. The van der Waals surface area contributed by atoms with Crippen molar-refractivity contribution in [1.82, 2.24) is 21.3 Å². The van der Waals surface area contributed by atoms with E-state index in [9.17, 15) is 28.8 Å². The Labute approximate surface area is 182 Å². The van der Waals surface area contributed by atoms with Gasteiger partial charge in [-0.3, -0.25) is 24.0 Å². The third kappa shape index (κ3) is 9.21. The number of carbonyl (C=O) groups excluding carboxylic acids is 3. The highest BCUT2D eigenvalue weighted by atomic mass is 32.1. The van der Waals surface area contributed by atoms with Crippen LogP contribution in [-0.2, 0) is 28.8 Å². The van der Waals surface area contributed by atoms with Crippen LogP contribution in [0, 0.1) is 0 Å². The third-order valence-electron chi connectivity index (χ3n) is 4.47. The Morgan fingerprint density at radius 3 is 2.00 bits per heavy atom. The van der Waals surface area contributed by atoms with Crippen molar-refractivity contribution in [1.29, 1.82) is 0 Å². The zero-order chi connectivity index (χ0) is 23.6. The van der Waals surface area contributed by atoms with Crippen molar-refractivity contribution >= 4 is 48.3 Å². The molecule has 1 saturated heterocycles. The Hall–Kier alpha value is -2.87. The topological polar surface area (TPSA) is 211 Å². The van der Waals surface area contributed by atoms with Crippen LogP contribution in [0.15, 0.2) is 0 Å². The number of nitrogens with one attached hydrogen (secondary N) is 4. The highest BCUT2D eigenvalue weighted by Gasteiger charge is 2.32. The molecule has 4 unspecified atom stereocenters. The summed E-state index contributed by atoms with van der Waals surface area (Å²) in [5, 5.41) is 36.5. The first kappa shape index (κ1) is 26.2. The number of carboxylic acids is 3. The van der Waals surface area contributed by atoms with Gasteiger partial charge in [0, 0.05) is 12.2 Å². The molecular weight excluding hydrogens is 436 g/mol. The van der Waals surface area contributed by atoms with Crippen LogP contribution in [0.1, 0.15) is 32.1 Å². The second-order valence-electron chi connectivity index (χ2n) is 6.88. The summed E-state index contributed by atoms with van der Waals surface area (Å²) < 4.78 is 0. The van der Waals surface area contributed by atoms with Crippen molar-refractivity contribution < 1.29 is 44.1 Å². The van der Waals surface area contributed by atoms with Crippen LogP contribution in [0.5, 0.6) is 0 Å². The molecule has 0 bridgehead atoms. The number of amides is 3. The van der Waals surface area contributed by atoms with Crippen molar-refractivity contribution in [3.63, 3.8) is 0 Å². The molecule has 31 heavy (non-hydrogen) atoms. The summed E-state index contributed by atoms with van der Waals surface area (Å²) in [4.78, 5) is 70.4. The molecule has 1 fully saturated rings. The van der Waals surface area contributed by atoms with E-state index >= 15 is 0 Å². The van der Waals surface area contributed by atoms with Gasteiger partial charge >= 0.3 is 17.9 Å². The minimum Gasteiger partial charge on any atom is -0.481 e. The summed E-state index contributed by atoms with van der Waals surface area (Å²) in [5.41, 5.74) is 0. The quantitative estimate of drug-likeness (QED) is 0.135. The Kier molecular flexibility index (Phi) is 10.8. The van der Waals surface area contributed by atoms with E-state index in [-0.39, 0.29) is 12.2 Å². The number of carbonyl (C=O) groups is 6. The van der Waals surface area contributed by atoms with E-state index in [1.807, 2.05) is 0 Å². The number of hydrogen-bond acceptors (Lipinski definition) is 8. The van der Waals surface area contributed by atoms with Crippen LogP contribution in [-0.4, -0.2) is 87.4 Å². The first-order chi connectivity index (χ1) is 14.5. The molecule has 0 spiro atoms. The van der Waals surface area contributed by atoms with Gasteiger partial charge < -0.3 is 36.6 Å². The van der Waals surface area contributed by atoms with E-state index in [1.54, 1.807) is 0 Å². The Balaban J connectivity index is 2.91. The van der Waals surface area contributed by atoms with Gasteiger partial charge in [0.1, 0.15) is 18.1 Å². The van der Waals surface area contributed by atoms with Gasteiger partial charge in [-0.1, -0.05) is 0 Å². The average Bonchev–Trinajstić information content (AvgIpc) is 3.22. The van der Waals surface area contributed by atoms with Gasteiger partial charge in [0.05, 0.1) is 12.5 Å². The molecule has 1 heterocycles. The van der Waals surface area contributed by atoms with Crippen molar-refractivity contribution in [2.45, 2.75) is 56.3 Å². The van der Waals surface area contributed by atoms with E-state index < -0.39 is 72.6 Å². The summed E-state index contributed by atoms with van der Waals surface area (Å²) in [7, 11) is 0. The molecular formula is C17H26N4O9S. The zero-order valence-electron chi connectivity index (χ0n) is 16.5. The fraction of sp³-hybridized carbons (Fsp3) is 0.647. The Bertz CT molecular complexity index is 712. The van der Waals surface area contributed by atoms with E-state index in [1.165, 1.54) is 0 Å². The lowest BCUT2D eigenvalue weighted by Crippen LogP contribution is -2.57. The molecule has 7 N–H and O–H groups in total. The average molecular weight is 462 g/mol. The smallest absolute Gasteiger partial charge is 0.327 e. The predicted molar refractivity (Wildman–Crippen MR) is 107 cm³/mol. The van der Waals surface area contributed by atoms with E-state index in [4.69, 9.17) is 15.3 Å². The van der Waals surface area contributed by atoms with Crippen LogP contribution in [0.25, 0.3) is 0 Å². The lowest BCUT2D eigenvalue weighted by atomic mass is 10.1. The van der Waals surface area contributed by atoms with Gasteiger partial charge in [-0.2, -0.15) is 12.6 Å². The maximum absolute atomic E-state index is 12.6. The summed E-state index contributed by atoms with van der Waals surface area (Å²) in [6.07, 6.45) is -0.340. The number of thiol groups is 1. The van der Waals surface area contributed by atoms with Gasteiger partial charge in [-0.05, 0) is 25.8 Å². The highest BCUT2D eigenvalue weighted by molar-refractivity contribution is 7.80. The Morgan fingerprint density at radius 1 is 0.903 bits per heavy atom. The normalized spacial score (nSPS) is 18.3. The molecule has 0 aliphatic carbocycles. The van der Waals surface area contributed by atoms with Crippen LogP contribution < -0.4 is 21.3 Å². The minimum absolute atomic E-state index is 0.277. The maximum Gasteiger partial charge on any atom is 0.327 e. The summed E-state index contributed by atoms with van der Waals surface area (Å²) in [6, 6.07) is -4.96. The first-order valence-electron chi connectivity index (χ1n) is 9.46. The molecule has 1 rings (SSSR count). The first-order valence-corrected chi connectivity index (χ1v) is 10.1. The molecule has 0 aromatic carbocycles. The molecule has 1 aliphatic rings. The van der Waals surface area contributed by atoms with Crippen molar-refractivity contribution in [3.05, 3.63) is 0 Å². The van der Waals surface area contributed by atoms with Crippen molar-refractivity contribution in [2.75, 3.05) is 12.3 Å². The summed E-state index contributed by atoms with van der Waals surface area (Å²) in [5.74, 6) is -6.91. The van der Waals surface area contributed by atoms with Gasteiger partial charge in [0.2, 0.25) is 17.7 Å². The number of aliphatic carboxylic acids is 3. The van der Waals surface area contributed by atoms with Crippen molar-refractivity contribution in [2.24, 2.45) is 0 Å². The van der Waals surface area contributed by atoms with Crippen LogP contribution >= 0.6 is 12.6 Å². The van der Waals surface area contributed by atoms with Gasteiger partial charge in [-0.15, -0.1) is 0 Å². The second kappa shape index (κ2) is 12.7. The van der Waals surface area contributed by atoms with E-state index in [0.717, 1.165) is 6.42 Å². The Morgan fingerprint density at radius 2 is 1.52 bits per heavy atom. The van der Waals surface area contributed by atoms with Crippen LogP contribution in [0.3, 0.4) is 0 Å². The fourth-order valence-corrected chi connectivity index (χ4v) is 3.08. The summed E-state index contributed by atoms with van der Waals surface area (Å²) >= 11 is 3.79. The van der Waals surface area contributed by atoms with Crippen LogP contribution in [0.4, 0.5) is 0 Å². The van der Waals surface area contributed by atoms with Gasteiger partial charge in [0.25, 0.3) is 0 Å². The molecule has 0 aromatic rings. The molecule has 14 heteroatoms. The number of rotatable bonds is 13. The van der Waals surface area contributed by atoms with Crippen LogP contribution in [0.2, 0.25) is 0 Å². The SMILES string of the molecule is O=C(O)CCC(NC(=O)C1CCCN1)C(=O)NC(CC(=O)O)C(=O)NC(CS)C(=O)O. The fourth-order valence-electron chi connectivity index (χ4n) is 2.83. The number of carboxylic acid groups (broad SMARTS) is 3. The lowest BCUT2D eigenvalue weighted by Gasteiger charge is -2.24. The lowest BCUT2D eigenvalue weighted by molar-refractivity contribution is -0.143. The molecule has 0 saturated carbocycles. The van der Waals surface area contributed by atoms with Crippen molar-refractivity contribution in [3.8, 4) is 0 Å². The molecule has 13 nitrogen and oxygen atoms in total. The molecule has 4 atom stereocenters. The maximum atomic E-state index is 12.6. The second-order valence-corrected chi connectivity index (χ2v) is 7.25. The highest BCUT2D eigenvalue weighted by Crippen LogP contribution is 2.07. The molecule has 174 valence electrons. The summed E-state index contributed by atoms with van der Waals surface area (Å²) in [6.45, 7) is 0.612. The molecule has 0 aromatic heterocycles. The minimum atomic E-state index is -1.65. The predicted octanol–water partition coefficient (Wildman–Crippen LogP) is -2.45. The molecule has 0 radical (unpaired) electrons. The number of hydrogen-bond donors (Lipinski definition) is 8. The molecule has 1 aliphatic heterocycles. The van der Waals surface area contributed by atoms with Gasteiger partial charge in [0.15, 0.2) is 0 Å². The van der Waals surface area contributed by atoms with E-state index in [2.05, 4.69) is 33.9 Å². The largest absolute Gasteiger partial charge is 0.481 e. The zero-order valence-corrected chi connectivity index (χ0v) is 17.4.